The lowest BCUT2D eigenvalue weighted by Gasteiger charge is -2.40. The van der Waals surface area contributed by atoms with Crippen LogP contribution in [0, 0.1) is 11.3 Å². The molecule has 1 aromatic carbocycles. The second-order valence-corrected chi connectivity index (χ2v) is 8.86. The fourth-order valence-corrected chi connectivity index (χ4v) is 4.94. The maximum atomic E-state index is 13.2. The van der Waals surface area contributed by atoms with Gasteiger partial charge < -0.3 is 15.0 Å². The highest BCUT2D eigenvalue weighted by molar-refractivity contribution is 5.90. The maximum Gasteiger partial charge on any atom is 0.337 e. The Labute approximate surface area is 175 Å². The summed E-state index contributed by atoms with van der Waals surface area (Å²) in [6.07, 6.45) is 4.35. The number of carbonyl (C=O) groups excluding carboxylic acids is 3. The van der Waals surface area contributed by atoms with Gasteiger partial charge in [0, 0.05) is 19.6 Å². The molecule has 8 nitrogen and oxygen atoms in total. The first-order chi connectivity index (χ1) is 14.5. The molecule has 3 fully saturated rings. The van der Waals surface area contributed by atoms with Crippen LogP contribution in [0.25, 0.3) is 0 Å². The first-order valence-corrected chi connectivity index (χ1v) is 10.6. The molecule has 30 heavy (non-hydrogen) atoms. The molecule has 0 unspecified atom stereocenters. The van der Waals surface area contributed by atoms with Crippen LogP contribution in [0.3, 0.4) is 0 Å². The molecule has 0 bridgehead atoms. The second kappa shape index (κ2) is 8.35. The van der Waals surface area contributed by atoms with Crippen molar-refractivity contribution in [3.8, 4) is 0 Å². The van der Waals surface area contributed by atoms with Crippen LogP contribution in [-0.2, 0) is 14.3 Å². The van der Waals surface area contributed by atoms with Crippen LogP contribution in [0.15, 0.2) is 24.3 Å². The van der Waals surface area contributed by atoms with Gasteiger partial charge in [0.1, 0.15) is 0 Å². The van der Waals surface area contributed by atoms with Crippen LogP contribution in [0.4, 0.5) is 0 Å². The zero-order chi connectivity index (χ0) is 21.3. The number of nitrogens with zero attached hydrogens (tertiary/aromatic N) is 1. The molecule has 2 amide bonds. The first-order valence-electron chi connectivity index (χ1n) is 10.6. The number of rotatable bonds is 4. The second-order valence-electron chi connectivity index (χ2n) is 8.86. The molecule has 4 rings (SSSR count). The molecule has 2 atom stereocenters. The largest absolute Gasteiger partial charge is 0.465 e. The van der Waals surface area contributed by atoms with Gasteiger partial charge in [-0.25, -0.2) is 10.3 Å². The van der Waals surface area contributed by atoms with Crippen molar-refractivity contribution in [1.29, 1.82) is 0 Å². The van der Waals surface area contributed by atoms with Crippen LogP contribution < -0.4 is 10.8 Å². The highest BCUT2D eigenvalue weighted by Crippen LogP contribution is 2.52. The molecule has 1 saturated carbocycles. The number of piperidine rings is 2. The lowest BCUT2D eigenvalue weighted by molar-refractivity contribution is -0.145. The number of hydrogen-bond donors (Lipinski definition) is 3. The molecule has 3 N–H and O–H groups in total. The minimum Gasteiger partial charge on any atom is -0.465 e. The Hall–Kier alpha value is -2.45. The van der Waals surface area contributed by atoms with Crippen LogP contribution in [0.5, 0.6) is 0 Å². The molecule has 1 spiro atoms. The highest BCUT2D eigenvalue weighted by atomic mass is 16.5. The number of ether oxygens (including phenoxy) is 1. The van der Waals surface area contributed by atoms with Crippen LogP contribution >= 0.6 is 0 Å². The predicted molar refractivity (Wildman–Crippen MR) is 108 cm³/mol. The normalized spacial score (nSPS) is 25.6. The standard InChI is InChI=1S/C22H29N3O5/c1-30-21(28)16-4-2-3-15(11-16)14-5-9-25(10-6-14)20(27)18-17(19(26)24-29)12-22(7-8-22)13-23-18/h2-4,11,14,17-18,23,29H,5-10,12-13H2,1H3,(H,24,26)/t17-,18-/m0/s1. The summed E-state index contributed by atoms with van der Waals surface area (Å²) >= 11 is 0. The van der Waals surface area contributed by atoms with E-state index < -0.39 is 17.9 Å². The summed E-state index contributed by atoms with van der Waals surface area (Å²) in [4.78, 5) is 39.0. The first kappa shape index (κ1) is 20.8. The van der Waals surface area contributed by atoms with Gasteiger partial charge in [-0.05, 0) is 61.1 Å². The van der Waals surface area contributed by atoms with Crippen molar-refractivity contribution in [2.24, 2.45) is 11.3 Å². The molecular weight excluding hydrogens is 386 g/mol. The topological polar surface area (TPSA) is 108 Å². The number of carbonyl (C=O) groups is 3. The summed E-state index contributed by atoms with van der Waals surface area (Å²) in [6.45, 7) is 1.95. The van der Waals surface area contributed by atoms with Gasteiger partial charge in [0.2, 0.25) is 11.8 Å². The van der Waals surface area contributed by atoms with Gasteiger partial charge >= 0.3 is 5.97 Å². The Morgan fingerprint density at radius 2 is 1.97 bits per heavy atom. The van der Waals surface area contributed by atoms with Crippen molar-refractivity contribution in [2.45, 2.75) is 44.1 Å². The average Bonchev–Trinajstić information content (AvgIpc) is 3.56. The number of methoxy groups -OCH3 is 1. The SMILES string of the molecule is COC(=O)c1cccc(C2CCN(C(=O)[C@H]3NCC4(CC4)C[C@@H]3C(=O)NO)CC2)c1. The Morgan fingerprint density at radius 3 is 2.60 bits per heavy atom. The molecule has 0 aromatic heterocycles. The quantitative estimate of drug-likeness (QED) is 0.390. The summed E-state index contributed by atoms with van der Waals surface area (Å²) in [7, 11) is 1.37. The Bertz CT molecular complexity index is 830. The van der Waals surface area contributed by atoms with Gasteiger partial charge in [0.05, 0.1) is 24.6 Å². The number of likely N-dealkylation sites (tertiary alicyclic amines) is 1. The molecule has 1 aliphatic carbocycles. The molecule has 8 heteroatoms. The van der Waals surface area contributed by atoms with Gasteiger partial charge in [-0.15, -0.1) is 0 Å². The summed E-state index contributed by atoms with van der Waals surface area (Å²) in [5.41, 5.74) is 3.48. The molecule has 0 radical (unpaired) electrons. The van der Waals surface area contributed by atoms with Crippen molar-refractivity contribution in [2.75, 3.05) is 26.7 Å². The van der Waals surface area contributed by atoms with Crippen LogP contribution in [-0.4, -0.2) is 60.7 Å². The zero-order valence-electron chi connectivity index (χ0n) is 17.2. The number of hydrogen-bond acceptors (Lipinski definition) is 6. The van der Waals surface area contributed by atoms with E-state index in [1.807, 2.05) is 23.1 Å². The minimum atomic E-state index is -0.595. The minimum absolute atomic E-state index is 0.0686. The van der Waals surface area contributed by atoms with Crippen molar-refractivity contribution >= 4 is 17.8 Å². The molecule has 2 heterocycles. The summed E-state index contributed by atoms with van der Waals surface area (Å²) in [5.74, 6) is -1.19. The Kier molecular flexibility index (Phi) is 5.79. The maximum absolute atomic E-state index is 13.2. The van der Waals surface area contributed by atoms with E-state index in [4.69, 9.17) is 9.94 Å². The Morgan fingerprint density at radius 1 is 1.23 bits per heavy atom. The smallest absolute Gasteiger partial charge is 0.337 e. The van der Waals surface area contributed by atoms with Gasteiger partial charge in [-0.2, -0.15) is 0 Å². The summed E-state index contributed by atoms with van der Waals surface area (Å²) in [6, 6.07) is 6.88. The van der Waals surface area contributed by atoms with Gasteiger partial charge in [-0.3, -0.25) is 14.8 Å². The fraction of sp³-hybridized carbons (Fsp3) is 0.591. The molecule has 2 saturated heterocycles. The van der Waals surface area contributed by atoms with Crippen molar-refractivity contribution in [1.82, 2.24) is 15.7 Å². The van der Waals surface area contributed by atoms with Crippen molar-refractivity contribution in [3.05, 3.63) is 35.4 Å². The van der Waals surface area contributed by atoms with E-state index in [-0.39, 0.29) is 23.2 Å². The van der Waals surface area contributed by atoms with E-state index in [0.717, 1.165) is 37.8 Å². The Balaban J connectivity index is 1.39. The van der Waals surface area contributed by atoms with Crippen molar-refractivity contribution in [3.63, 3.8) is 0 Å². The molecule has 3 aliphatic rings. The van der Waals surface area contributed by atoms with E-state index >= 15 is 0 Å². The molecule has 162 valence electrons. The van der Waals surface area contributed by atoms with Gasteiger partial charge in [0.15, 0.2) is 0 Å². The molecular formula is C22H29N3O5. The number of esters is 1. The number of nitrogens with one attached hydrogen (secondary N) is 2. The van der Waals surface area contributed by atoms with Crippen LogP contribution in [0.1, 0.15) is 53.9 Å². The van der Waals surface area contributed by atoms with E-state index in [2.05, 4.69) is 5.32 Å². The third kappa shape index (κ3) is 4.06. The molecule has 1 aromatic rings. The van der Waals surface area contributed by atoms with Crippen molar-refractivity contribution < 1.29 is 24.3 Å². The van der Waals surface area contributed by atoms with Gasteiger partial charge in [0.25, 0.3) is 0 Å². The zero-order valence-corrected chi connectivity index (χ0v) is 17.2. The fourth-order valence-electron chi connectivity index (χ4n) is 4.94. The number of hydroxylamine groups is 1. The lowest BCUT2D eigenvalue weighted by atomic mass is 9.81. The van der Waals surface area contributed by atoms with Crippen LogP contribution in [0.2, 0.25) is 0 Å². The summed E-state index contributed by atoms with van der Waals surface area (Å²) < 4.78 is 4.80. The third-order valence-electron chi connectivity index (χ3n) is 7.01. The number of amides is 2. The molecule has 2 aliphatic heterocycles. The summed E-state index contributed by atoms with van der Waals surface area (Å²) in [5, 5.41) is 12.4. The lowest BCUT2D eigenvalue weighted by Crippen LogP contribution is -2.59. The van der Waals surface area contributed by atoms with E-state index in [1.54, 1.807) is 11.5 Å². The van der Waals surface area contributed by atoms with E-state index in [9.17, 15) is 14.4 Å². The third-order valence-corrected chi connectivity index (χ3v) is 7.01. The van der Waals surface area contributed by atoms with E-state index in [1.165, 1.54) is 7.11 Å². The van der Waals surface area contributed by atoms with E-state index in [0.29, 0.717) is 25.1 Å². The van der Waals surface area contributed by atoms with Gasteiger partial charge in [-0.1, -0.05) is 12.1 Å². The monoisotopic (exact) mass is 415 g/mol. The predicted octanol–water partition coefficient (Wildman–Crippen LogP) is 1.44. The highest BCUT2D eigenvalue weighted by Gasteiger charge is 2.52. The average molecular weight is 415 g/mol. The number of benzene rings is 1.